The summed E-state index contributed by atoms with van der Waals surface area (Å²) in [6.45, 7) is 11.4. The maximum atomic E-state index is 13.8. The van der Waals surface area contributed by atoms with Crippen LogP contribution in [-0.4, -0.2) is 104 Å². The van der Waals surface area contributed by atoms with Crippen molar-refractivity contribution in [1.82, 2.24) is 15.1 Å². The SMILES string of the molecule is COC(CC(C)C)C(=O)N1CC(=O)C2C1CCN2C(=O)C(CC(C)C)NC(=O)c1ccc(N2CCOCC2)cc1. The molecule has 10 heteroatoms. The summed E-state index contributed by atoms with van der Waals surface area (Å²) in [5.41, 5.74) is 1.50. The third-order valence-corrected chi connectivity index (χ3v) is 8.05. The van der Waals surface area contributed by atoms with E-state index in [4.69, 9.17) is 9.47 Å². The van der Waals surface area contributed by atoms with Crippen molar-refractivity contribution in [3.63, 3.8) is 0 Å². The second-order valence-corrected chi connectivity index (χ2v) is 11.9. The lowest BCUT2D eigenvalue weighted by Gasteiger charge is -2.30. The minimum Gasteiger partial charge on any atom is -0.378 e. The standard InChI is InChI=1S/C30H44N4O6/c1-19(2)16-23(31-28(36)21-6-8-22(9-7-21)32-12-14-40-15-13-32)29(37)33-11-10-24-27(33)25(35)18-34(24)30(38)26(39-5)17-20(3)4/h6-9,19-20,23-24,26-27H,10-18H2,1-5H3,(H,31,36). The molecule has 0 bridgehead atoms. The Balaban J connectivity index is 1.45. The Kier molecular flexibility index (Phi) is 9.84. The van der Waals surface area contributed by atoms with Crippen LogP contribution in [-0.2, 0) is 23.9 Å². The van der Waals surface area contributed by atoms with Crippen molar-refractivity contribution in [2.45, 2.75) is 71.2 Å². The average molecular weight is 557 g/mol. The molecule has 0 spiro atoms. The first kappa shape index (κ1) is 30.0. The van der Waals surface area contributed by atoms with Crippen molar-refractivity contribution in [3.05, 3.63) is 29.8 Å². The second kappa shape index (κ2) is 13.1. The first-order valence-electron chi connectivity index (χ1n) is 14.5. The summed E-state index contributed by atoms with van der Waals surface area (Å²) < 4.78 is 10.9. The molecule has 0 saturated carbocycles. The van der Waals surface area contributed by atoms with Gasteiger partial charge in [-0.3, -0.25) is 19.2 Å². The zero-order chi connectivity index (χ0) is 29.0. The Morgan fingerprint density at radius 2 is 1.60 bits per heavy atom. The smallest absolute Gasteiger partial charge is 0.252 e. The zero-order valence-electron chi connectivity index (χ0n) is 24.4. The van der Waals surface area contributed by atoms with Gasteiger partial charge in [0.2, 0.25) is 5.91 Å². The van der Waals surface area contributed by atoms with E-state index in [0.717, 1.165) is 18.8 Å². The highest BCUT2D eigenvalue weighted by molar-refractivity contribution is 6.01. The molecule has 220 valence electrons. The molecule has 10 nitrogen and oxygen atoms in total. The molecule has 1 aromatic carbocycles. The van der Waals surface area contributed by atoms with Crippen LogP contribution in [0.3, 0.4) is 0 Å². The maximum Gasteiger partial charge on any atom is 0.252 e. The number of hydrogen-bond acceptors (Lipinski definition) is 7. The van der Waals surface area contributed by atoms with Crippen molar-refractivity contribution in [2.24, 2.45) is 11.8 Å². The molecule has 40 heavy (non-hydrogen) atoms. The normalized spacial score (nSPS) is 22.6. The molecule has 1 aromatic rings. The molecule has 3 amide bonds. The van der Waals surface area contributed by atoms with Crippen LogP contribution in [0.5, 0.6) is 0 Å². The van der Waals surface area contributed by atoms with E-state index in [1.54, 1.807) is 21.9 Å². The largest absolute Gasteiger partial charge is 0.378 e. The Hall–Kier alpha value is -2.98. The highest BCUT2D eigenvalue weighted by Gasteiger charge is 2.53. The predicted octanol–water partition coefficient (Wildman–Crippen LogP) is 2.11. The number of methoxy groups -OCH3 is 1. The van der Waals surface area contributed by atoms with Crippen molar-refractivity contribution in [2.75, 3.05) is 51.4 Å². The number of rotatable bonds is 10. The molecule has 3 saturated heterocycles. The van der Waals surface area contributed by atoms with E-state index in [1.165, 1.54) is 7.11 Å². The molecule has 3 heterocycles. The van der Waals surface area contributed by atoms with Gasteiger partial charge in [0, 0.05) is 38.0 Å². The number of amides is 3. The third-order valence-electron chi connectivity index (χ3n) is 8.05. The summed E-state index contributed by atoms with van der Waals surface area (Å²) in [4.78, 5) is 58.8. The van der Waals surface area contributed by atoms with E-state index >= 15 is 0 Å². The predicted molar refractivity (Wildman–Crippen MR) is 151 cm³/mol. The van der Waals surface area contributed by atoms with Crippen LogP contribution >= 0.6 is 0 Å². The number of hydrogen-bond donors (Lipinski definition) is 1. The van der Waals surface area contributed by atoms with E-state index in [-0.39, 0.29) is 47.9 Å². The molecule has 4 atom stereocenters. The Morgan fingerprint density at radius 1 is 0.950 bits per heavy atom. The van der Waals surface area contributed by atoms with Crippen LogP contribution in [0.25, 0.3) is 0 Å². The summed E-state index contributed by atoms with van der Waals surface area (Å²) in [5, 5.41) is 2.94. The Morgan fingerprint density at radius 3 is 2.20 bits per heavy atom. The zero-order valence-corrected chi connectivity index (χ0v) is 24.4. The van der Waals surface area contributed by atoms with Crippen LogP contribution < -0.4 is 10.2 Å². The summed E-state index contributed by atoms with van der Waals surface area (Å²) in [7, 11) is 1.51. The molecule has 3 aliphatic heterocycles. The summed E-state index contributed by atoms with van der Waals surface area (Å²) in [5.74, 6) is -0.522. The summed E-state index contributed by atoms with van der Waals surface area (Å²) >= 11 is 0. The van der Waals surface area contributed by atoms with Crippen molar-refractivity contribution < 1.29 is 28.7 Å². The van der Waals surface area contributed by atoms with Gasteiger partial charge in [0.05, 0.1) is 25.8 Å². The number of carbonyl (C=O) groups is 4. The van der Waals surface area contributed by atoms with E-state index < -0.39 is 18.2 Å². The molecular formula is C30H44N4O6. The first-order chi connectivity index (χ1) is 19.1. The summed E-state index contributed by atoms with van der Waals surface area (Å²) in [6, 6.07) is 5.56. The fourth-order valence-electron chi connectivity index (χ4n) is 6.05. The van der Waals surface area contributed by atoms with Gasteiger partial charge in [-0.05, 0) is 55.4 Å². The highest BCUT2D eigenvalue weighted by atomic mass is 16.5. The number of carbonyl (C=O) groups excluding carboxylic acids is 4. The number of ketones is 1. The van der Waals surface area contributed by atoms with E-state index in [1.807, 2.05) is 39.8 Å². The molecular weight excluding hydrogens is 512 g/mol. The number of ether oxygens (including phenoxy) is 2. The molecule has 3 aliphatic rings. The minimum atomic E-state index is -0.768. The third kappa shape index (κ3) is 6.66. The van der Waals surface area contributed by atoms with Gasteiger partial charge < -0.3 is 29.5 Å². The van der Waals surface area contributed by atoms with Crippen LogP contribution in [0.4, 0.5) is 5.69 Å². The van der Waals surface area contributed by atoms with Gasteiger partial charge in [-0.1, -0.05) is 27.7 Å². The number of benzene rings is 1. The van der Waals surface area contributed by atoms with Gasteiger partial charge in [0.15, 0.2) is 5.78 Å². The van der Waals surface area contributed by atoms with E-state index in [2.05, 4.69) is 10.2 Å². The van der Waals surface area contributed by atoms with Gasteiger partial charge in [0.1, 0.15) is 18.2 Å². The van der Waals surface area contributed by atoms with Crippen LogP contribution in [0, 0.1) is 11.8 Å². The van der Waals surface area contributed by atoms with Crippen molar-refractivity contribution >= 4 is 29.2 Å². The lowest BCUT2D eigenvalue weighted by molar-refractivity contribution is -0.144. The Bertz CT molecular complexity index is 1070. The quantitative estimate of drug-likeness (QED) is 0.470. The average Bonchev–Trinajstić information content (AvgIpc) is 3.52. The van der Waals surface area contributed by atoms with Gasteiger partial charge in [0.25, 0.3) is 11.8 Å². The van der Waals surface area contributed by atoms with Gasteiger partial charge >= 0.3 is 0 Å². The Labute approximate surface area is 237 Å². The molecule has 3 fully saturated rings. The van der Waals surface area contributed by atoms with Crippen LogP contribution in [0.2, 0.25) is 0 Å². The van der Waals surface area contributed by atoms with Crippen LogP contribution in [0.1, 0.15) is 57.3 Å². The van der Waals surface area contributed by atoms with Gasteiger partial charge in [-0.2, -0.15) is 0 Å². The monoisotopic (exact) mass is 556 g/mol. The topological polar surface area (TPSA) is 108 Å². The second-order valence-electron chi connectivity index (χ2n) is 11.9. The fourth-order valence-corrected chi connectivity index (χ4v) is 6.05. The highest BCUT2D eigenvalue weighted by Crippen LogP contribution is 2.32. The molecule has 0 aliphatic carbocycles. The van der Waals surface area contributed by atoms with Gasteiger partial charge in [-0.25, -0.2) is 0 Å². The van der Waals surface area contributed by atoms with E-state index in [9.17, 15) is 19.2 Å². The van der Waals surface area contributed by atoms with Gasteiger partial charge in [-0.15, -0.1) is 0 Å². The van der Waals surface area contributed by atoms with Crippen molar-refractivity contribution in [1.29, 1.82) is 0 Å². The minimum absolute atomic E-state index is 0.0212. The molecule has 4 rings (SSSR count). The molecule has 0 aromatic heterocycles. The fraction of sp³-hybridized carbons (Fsp3) is 0.667. The number of morpholine rings is 1. The molecule has 0 radical (unpaired) electrons. The lowest BCUT2D eigenvalue weighted by Crippen LogP contribution is -2.53. The number of fused-ring (bicyclic) bond motifs is 1. The number of nitrogens with zero attached hydrogens (tertiary/aromatic N) is 3. The first-order valence-corrected chi connectivity index (χ1v) is 14.5. The lowest BCUT2D eigenvalue weighted by atomic mass is 10.0. The number of anilines is 1. The number of Topliss-reactive ketones (excluding diaryl/α,β-unsaturated/α-hetero) is 1. The maximum absolute atomic E-state index is 13.8. The molecule has 1 N–H and O–H groups in total. The van der Waals surface area contributed by atoms with Crippen molar-refractivity contribution in [3.8, 4) is 0 Å². The number of nitrogens with one attached hydrogen (secondary N) is 1. The molecule has 4 unspecified atom stereocenters. The van der Waals surface area contributed by atoms with E-state index in [0.29, 0.717) is 44.6 Å². The summed E-state index contributed by atoms with van der Waals surface area (Å²) in [6.07, 6.45) is 0.924. The van der Waals surface area contributed by atoms with Crippen LogP contribution in [0.15, 0.2) is 24.3 Å². The number of likely N-dealkylation sites (tertiary alicyclic amines) is 2.